The highest BCUT2D eigenvalue weighted by Crippen LogP contribution is 2.13. The third kappa shape index (κ3) is 2.73. The van der Waals surface area contributed by atoms with E-state index in [9.17, 15) is 13.6 Å². The maximum absolute atomic E-state index is 12.2. The summed E-state index contributed by atoms with van der Waals surface area (Å²) in [5, 5.41) is 4.68. The molecule has 0 aromatic carbocycles. The number of amides is 1. The Balaban J connectivity index is 2.49. The van der Waals surface area contributed by atoms with Crippen molar-refractivity contribution >= 4 is 11.6 Å². The van der Waals surface area contributed by atoms with Crippen LogP contribution in [0.15, 0.2) is 5.10 Å². The highest BCUT2D eigenvalue weighted by Gasteiger charge is 2.28. The summed E-state index contributed by atoms with van der Waals surface area (Å²) in [6.07, 6.45) is -2.87. The lowest BCUT2D eigenvalue weighted by molar-refractivity contribution is -0.128. The van der Waals surface area contributed by atoms with Crippen molar-refractivity contribution in [3.05, 3.63) is 0 Å². The smallest absolute Gasteiger partial charge is 0.278 e. The number of carbonyl (C=O) groups excluding carboxylic acids is 1. The van der Waals surface area contributed by atoms with Crippen molar-refractivity contribution in [2.75, 3.05) is 27.2 Å². The summed E-state index contributed by atoms with van der Waals surface area (Å²) >= 11 is 0. The first-order chi connectivity index (χ1) is 6.50. The lowest BCUT2D eigenvalue weighted by Gasteiger charge is -2.14. The van der Waals surface area contributed by atoms with Gasteiger partial charge in [-0.3, -0.25) is 4.79 Å². The quantitative estimate of drug-likeness (QED) is 0.666. The molecular formula is C8H13F2N3O. The van der Waals surface area contributed by atoms with Crippen molar-refractivity contribution in [1.29, 1.82) is 0 Å². The molecule has 0 N–H and O–H groups in total. The van der Waals surface area contributed by atoms with E-state index in [4.69, 9.17) is 0 Å². The van der Waals surface area contributed by atoms with Gasteiger partial charge in [0.25, 0.3) is 6.43 Å². The maximum Gasteiger partial charge on any atom is 0.278 e. The van der Waals surface area contributed by atoms with Crippen LogP contribution in [-0.4, -0.2) is 55.1 Å². The van der Waals surface area contributed by atoms with E-state index in [-0.39, 0.29) is 18.0 Å². The summed E-state index contributed by atoms with van der Waals surface area (Å²) in [5.41, 5.74) is -0.325. The Kier molecular flexibility index (Phi) is 3.51. The molecule has 0 unspecified atom stereocenters. The molecule has 0 aromatic rings. The van der Waals surface area contributed by atoms with Crippen LogP contribution in [0, 0.1) is 0 Å². The van der Waals surface area contributed by atoms with Gasteiger partial charge in [0, 0.05) is 6.54 Å². The highest BCUT2D eigenvalue weighted by atomic mass is 19.3. The molecule has 1 aliphatic rings. The van der Waals surface area contributed by atoms with Gasteiger partial charge in [0.2, 0.25) is 5.91 Å². The van der Waals surface area contributed by atoms with Gasteiger partial charge in [-0.05, 0) is 14.1 Å². The maximum atomic E-state index is 12.2. The standard InChI is InChI=1S/C8H13F2N3O/c1-12(2)3-4-13-7(14)5-6(11-13)8(9)10/h8H,3-5H2,1-2H3. The van der Waals surface area contributed by atoms with Crippen molar-refractivity contribution in [3.63, 3.8) is 0 Å². The molecule has 0 aliphatic carbocycles. The molecule has 0 saturated heterocycles. The number of carbonyl (C=O) groups is 1. The van der Waals surface area contributed by atoms with E-state index in [2.05, 4.69) is 5.10 Å². The predicted molar refractivity (Wildman–Crippen MR) is 48.3 cm³/mol. The fourth-order valence-electron chi connectivity index (χ4n) is 1.08. The molecule has 0 fully saturated rings. The Hall–Kier alpha value is -1.04. The monoisotopic (exact) mass is 205 g/mol. The molecule has 1 rings (SSSR count). The molecular weight excluding hydrogens is 192 g/mol. The zero-order chi connectivity index (χ0) is 10.7. The zero-order valence-corrected chi connectivity index (χ0v) is 8.20. The van der Waals surface area contributed by atoms with E-state index in [1.54, 1.807) is 0 Å². The average Bonchev–Trinajstić information content (AvgIpc) is 2.43. The number of nitrogens with zero attached hydrogens (tertiary/aromatic N) is 3. The number of hydrazone groups is 1. The summed E-state index contributed by atoms with van der Waals surface area (Å²) in [5.74, 6) is -0.345. The Morgan fingerprint density at radius 2 is 2.21 bits per heavy atom. The molecule has 0 aromatic heterocycles. The molecule has 0 radical (unpaired) electrons. The SMILES string of the molecule is CN(C)CCN1N=C(C(F)F)CC1=O. The topological polar surface area (TPSA) is 35.9 Å². The third-order valence-corrected chi connectivity index (χ3v) is 1.88. The fourth-order valence-corrected chi connectivity index (χ4v) is 1.08. The van der Waals surface area contributed by atoms with Crippen LogP contribution >= 0.6 is 0 Å². The van der Waals surface area contributed by atoms with Crippen LogP contribution in [0.1, 0.15) is 6.42 Å². The second-order valence-electron chi connectivity index (χ2n) is 3.39. The molecule has 1 amide bonds. The summed E-state index contributed by atoms with van der Waals surface area (Å²) in [6.45, 7) is 0.980. The van der Waals surface area contributed by atoms with Crippen LogP contribution < -0.4 is 0 Å². The molecule has 0 atom stereocenters. The van der Waals surface area contributed by atoms with Gasteiger partial charge < -0.3 is 4.90 Å². The highest BCUT2D eigenvalue weighted by molar-refractivity contribution is 6.06. The van der Waals surface area contributed by atoms with Crippen molar-refractivity contribution in [2.45, 2.75) is 12.8 Å². The average molecular weight is 205 g/mol. The van der Waals surface area contributed by atoms with Crippen LogP contribution in [0.2, 0.25) is 0 Å². The first-order valence-corrected chi connectivity index (χ1v) is 4.31. The molecule has 80 valence electrons. The second-order valence-corrected chi connectivity index (χ2v) is 3.39. The van der Waals surface area contributed by atoms with E-state index in [1.165, 1.54) is 0 Å². The number of rotatable bonds is 4. The zero-order valence-electron chi connectivity index (χ0n) is 8.20. The largest absolute Gasteiger partial charge is 0.308 e. The number of alkyl halides is 2. The second kappa shape index (κ2) is 4.45. The van der Waals surface area contributed by atoms with E-state index in [0.29, 0.717) is 13.1 Å². The van der Waals surface area contributed by atoms with E-state index >= 15 is 0 Å². The van der Waals surface area contributed by atoms with Gasteiger partial charge in [-0.15, -0.1) is 0 Å². The van der Waals surface area contributed by atoms with Crippen molar-refractivity contribution in [2.24, 2.45) is 5.10 Å². The summed E-state index contributed by atoms with van der Waals surface area (Å²) in [7, 11) is 3.69. The van der Waals surface area contributed by atoms with E-state index in [1.807, 2.05) is 19.0 Å². The summed E-state index contributed by atoms with van der Waals surface area (Å²) in [6, 6.07) is 0. The Morgan fingerprint density at radius 1 is 1.57 bits per heavy atom. The molecule has 0 saturated carbocycles. The number of hydrogen-bond donors (Lipinski definition) is 0. The lowest BCUT2D eigenvalue weighted by Crippen LogP contribution is -2.29. The minimum Gasteiger partial charge on any atom is -0.308 e. The van der Waals surface area contributed by atoms with Gasteiger partial charge in [0.15, 0.2) is 0 Å². The number of likely N-dealkylation sites (N-methyl/N-ethyl adjacent to an activating group) is 1. The lowest BCUT2D eigenvalue weighted by atomic mass is 10.3. The number of halogens is 2. The Morgan fingerprint density at radius 3 is 2.64 bits per heavy atom. The van der Waals surface area contributed by atoms with Crippen LogP contribution in [0.5, 0.6) is 0 Å². The molecule has 0 spiro atoms. The Labute approximate surface area is 81.2 Å². The first kappa shape index (κ1) is 11.0. The molecule has 14 heavy (non-hydrogen) atoms. The third-order valence-electron chi connectivity index (χ3n) is 1.88. The number of hydrogen-bond acceptors (Lipinski definition) is 3. The van der Waals surface area contributed by atoms with Crippen molar-refractivity contribution in [3.8, 4) is 0 Å². The van der Waals surface area contributed by atoms with Gasteiger partial charge in [0.05, 0.1) is 13.0 Å². The Bertz CT molecular complexity index is 253. The molecule has 1 heterocycles. The van der Waals surface area contributed by atoms with Crippen molar-refractivity contribution in [1.82, 2.24) is 9.91 Å². The van der Waals surface area contributed by atoms with Crippen LogP contribution in [-0.2, 0) is 4.79 Å². The minimum absolute atomic E-state index is 0.245. The van der Waals surface area contributed by atoms with Gasteiger partial charge in [-0.25, -0.2) is 13.8 Å². The van der Waals surface area contributed by atoms with E-state index in [0.717, 1.165) is 5.01 Å². The van der Waals surface area contributed by atoms with Crippen LogP contribution in [0.25, 0.3) is 0 Å². The van der Waals surface area contributed by atoms with E-state index < -0.39 is 6.43 Å². The van der Waals surface area contributed by atoms with Crippen LogP contribution in [0.4, 0.5) is 8.78 Å². The minimum atomic E-state index is -2.62. The molecule has 6 heteroatoms. The summed E-state index contributed by atoms with van der Waals surface area (Å²) in [4.78, 5) is 13.0. The fraction of sp³-hybridized carbons (Fsp3) is 0.750. The van der Waals surface area contributed by atoms with Gasteiger partial charge in [-0.2, -0.15) is 5.10 Å². The normalized spacial score (nSPS) is 17.1. The molecule has 0 bridgehead atoms. The molecule has 4 nitrogen and oxygen atoms in total. The predicted octanol–water partition coefficient (Wildman–Crippen LogP) is 0.401. The summed E-state index contributed by atoms with van der Waals surface area (Å²) < 4.78 is 24.3. The van der Waals surface area contributed by atoms with Gasteiger partial charge in [-0.1, -0.05) is 0 Å². The van der Waals surface area contributed by atoms with Gasteiger partial charge in [0.1, 0.15) is 5.71 Å². The first-order valence-electron chi connectivity index (χ1n) is 4.31. The van der Waals surface area contributed by atoms with Crippen molar-refractivity contribution < 1.29 is 13.6 Å². The molecule has 1 aliphatic heterocycles. The van der Waals surface area contributed by atoms with Crippen LogP contribution in [0.3, 0.4) is 0 Å². The van der Waals surface area contributed by atoms with Gasteiger partial charge >= 0.3 is 0 Å².